The molecule has 6 aromatic carbocycles. The van der Waals surface area contributed by atoms with E-state index in [0.29, 0.717) is 0 Å². The molecule has 10 aromatic rings. The summed E-state index contributed by atoms with van der Waals surface area (Å²) in [7, 11) is 0. The predicted molar refractivity (Wildman–Crippen MR) is 247 cm³/mol. The first-order valence-electron chi connectivity index (χ1n) is 20.1. The molecule has 0 aliphatic rings. The van der Waals surface area contributed by atoms with Crippen LogP contribution < -0.4 is 0 Å². The number of hydrogen-bond acceptors (Lipinski definition) is 4. The van der Waals surface area contributed by atoms with Crippen LogP contribution in [0.4, 0.5) is 0 Å². The maximum Gasteiger partial charge on any atom is 0.0708 e. The van der Waals surface area contributed by atoms with E-state index in [0.717, 1.165) is 101 Å². The third kappa shape index (κ3) is 7.30. The molecular formula is C56H38N4. The van der Waals surface area contributed by atoms with Gasteiger partial charge in [0.05, 0.1) is 22.8 Å². The lowest BCUT2D eigenvalue weighted by atomic mass is 9.86. The highest BCUT2D eigenvalue weighted by molar-refractivity contribution is 5.94. The minimum absolute atomic E-state index is 0.926. The summed E-state index contributed by atoms with van der Waals surface area (Å²) in [6.07, 6.45) is 7.43. The normalized spacial score (nSPS) is 11.0. The SMILES string of the molecule is c1ccc(-c2ccccc2-c2cc(-c3cc(-c4ccccc4-c4ccccn4)cc(-c4ccccc4-c4ccccn4)c3)cc(-c3ccccc3-c3ccccn3)c2)nc1. The lowest BCUT2D eigenvalue weighted by Gasteiger charge is -2.18. The van der Waals surface area contributed by atoms with Gasteiger partial charge in [-0.25, -0.2) is 0 Å². The Balaban J connectivity index is 1.25. The number of aromatic nitrogens is 4. The maximum atomic E-state index is 4.79. The van der Waals surface area contributed by atoms with Crippen LogP contribution in [0.3, 0.4) is 0 Å². The molecule has 0 radical (unpaired) electrons. The van der Waals surface area contributed by atoms with Crippen LogP contribution in [0.25, 0.3) is 101 Å². The van der Waals surface area contributed by atoms with Crippen molar-refractivity contribution in [3.63, 3.8) is 0 Å². The first kappa shape index (κ1) is 36.3. The Hall–Kier alpha value is -8.08. The van der Waals surface area contributed by atoms with Crippen molar-refractivity contribution in [1.29, 1.82) is 0 Å². The van der Waals surface area contributed by atoms with Gasteiger partial charge >= 0.3 is 0 Å². The van der Waals surface area contributed by atoms with E-state index in [2.05, 4.69) is 158 Å². The van der Waals surface area contributed by atoms with Crippen LogP contribution in [-0.2, 0) is 0 Å². The molecule has 0 unspecified atom stereocenters. The second kappa shape index (κ2) is 16.4. The van der Waals surface area contributed by atoms with E-state index in [4.69, 9.17) is 19.9 Å². The van der Waals surface area contributed by atoms with Crippen molar-refractivity contribution in [2.75, 3.05) is 0 Å². The Morgan fingerprint density at radius 1 is 0.183 bits per heavy atom. The number of hydrogen-bond donors (Lipinski definition) is 0. The van der Waals surface area contributed by atoms with Gasteiger partial charge in [0.15, 0.2) is 0 Å². The summed E-state index contributed by atoms with van der Waals surface area (Å²) in [6.45, 7) is 0. The van der Waals surface area contributed by atoms with Gasteiger partial charge in [-0.2, -0.15) is 0 Å². The fourth-order valence-corrected chi connectivity index (χ4v) is 8.13. The summed E-state index contributed by atoms with van der Waals surface area (Å²) in [5, 5.41) is 0. The molecule has 0 N–H and O–H groups in total. The van der Waals surface area contributed by atoms with Crippen LogP contribution in [0.2, 0.25) is 0 Å². The summed E-state index contributed by atoms with van der Waals surface area (Å²) in [6, 6.07) is 72.5. The van der Waals surface area contributed by atoms with Gasteiger partial charge < -0.3 is 0 Å². The minimum atomic E-state index is 0.926. The van der Waals surface area contributed by atoms with E-state index in [1.54, 1.807) is 0 Å². The van der Waals surface area contributed by atoms with Crippen molar-refractivity contribution in [2.24, 2.45) is 0 Å². The van der Waals surface area contributed by atoms with Gasteiger partial charge in [0.25, 0.3) is 0 Å². The van der Waals surface area contributed by atoms with Crippen molar-refractivity contribution < 1.29 is 0 Å². The molecule has 0 fully saturated rings. The van der Waals surface area contributed by atoms with Crippen LogP contribution in [0.5, 0.6) is 0 Å². The molecule has 0 aliphatic carbocycles. The van der Waals surface area contributed by atoms with Gasteiger partial charge in [0.2, 0.25) is 0 Å². The predicted octanol–water partition coefficient (Wildman–Crippen LogP) is 14.3. The molecule has 0 saturated carbocycles. The van der Waals surface area contributed by atoms with Gasteiger partial charge in [-0.05, 0) is 141 Å². The van der Waals surface area contributed by atoms with E-state index >= 15 is 0 Å². The number of pyridine rings is 4. The standard InChI is InChI=1S/C56H38N4/c1-5-21-49(53-25-9-13-29-57-53)45(17-1)41-33-39(34-42(37-41)46-18-2-6-22-50(46)54-26-10-14-30-58-54)40-35-43(47-19-3-7-23-51(47)55-27-11-15-31-59-55)38-44(36-40)48-20-4-8-24-52(48)56-28-12-16-32-60-56/h1-38H. The van der Waals surface area contributed by atoms with Crippen molar-refractivity contribution in [1.82, 2.24) is 19.9 Å². The zero-order valence-electron chi connectivity index (χ0n) is 32.7. The Morgan fingerprint density at radius 3 is 0.600 bits per heavy atom. The maximum absolute atomic E-state index is 4.79. The monoisotopic (exact) mass is 766 g/mol. The molecule has 0 atom stereocenters. The number of benzene rings is 6. The Bertz CT molecular complexity index is 2660. The van der Waals surface area contributed by atoms with Gasteiger partial charge in [0, 0.05) is 47.0 Å². The average Bonchev–Trinajstić information content (AvgIpc) is 3.35. The summed E-state index contributed by atoms with van der Waals surface area (Å²) < 4.78 is 0. The molecule has 0 aliphatic heterocycles. The van der Waals surface area contributed by atoms with E-state index in [1.807, 2.05) is 73.3 Å². The second-order valence-electron chi connectivity index (χ2n) is 14.6. The molecule has 60 heavy (non-hydrogen) atoms. The molecule has 0 bridgehead atoms. The second-order valence-corrected chi connectivity index (χ2v) is 14.6. The molecule has 0 amide bonds. The van der Waals surface area contributed by atoms with Crippen LogP contribution in [0.1, 0.15) is 0 Å². The average molecular weight is 767 g/mol. The van der Waals surface area contributed by atoms with Gasteiger partial charge in [-0.15, -0.1) is 0 Å². The van der Waals surface area contributed by atoms with Gasteiger partial charge in [-0.1, -0.05) is 121 Å². The van der Waals surface area contributed by atoms with Gasteiger partial charge in [-0.3, -0.25) is 19.9 Å². The zero-order chi connectivity index (χ0) is 40.1. The first-order chi connectivity index (χ1) is 29.8. The summed E-state index contributed by atoms with van der Waals surface area (Å²) >= 11 is 0. The first-order valence-corrected chi connectivity index (χ1v) is 20.1. The van der Waals surface area contributed by atoms with Crippen molar-refractivity contribution in [2.45, 2.75) is 0 Å². The van der Waals surface area contributed by atoms with E-state index < -0.39 is 0 Å². The third-order valence-electron chi connectivity index (χ3n) is 10.9. The van der Waals surface area contributed by atoms with E-state index in [9.17, 15) is 0 Å². The number of rotatable bonds is 9. The van der Waals surface area contributed by atoms with Crippen LogP contribution in [-0.4, -0.2) is 19.9 Å². The van der Waals surface area contributed by atoms with Gasteiger partial charge in [0.1, 0.15) is 0 Å². The quantitative estimate of drug-likeness (QED) is 0.147. The molecule has 0 spiro atoms. The highest BCUT2D eigenvalue weighted by Crippen LogP contribution is 2.43. The molecule has 4 heterocycles. The topological polar surface area (TPSA) is 51.6 Å². The Morgan fingerprint density at radius 2 is 0.383 bits per heavy atom. The largest absolute Gasteiger partial charge is 0.256 e. The van der Waals surface area contributed by atoms with E-state index in [-0.39, 0.29) is 0 Å². The summed E-state index contributed by atoms with van der Waals surface area (Å²) in [4.78, 5) is 19.2. The fraction of sp³-hybridized carbons (Fsp3) is 0. The molecule has 0 saturated heterocycles. The minimum Gasteiger partial charge on any atom is -0.256 e. The lowest BCUT2D eigenvalue weighted by Crippen LogP contribution is -1.94. The number of nitrogens with zero attached hydrogens (tertiary/aromatic N) is 4. The van der Waals surface area contributed by atoms with Crippen LogP contribution in [0.15, 0.2) is 231 Å². The smallest absolute Gasteiger partial charge is 0.0708 e. The Labute approximate surface area is 350 Å². The van der Waals surface area contributed by atoms with Crippen molar-refractivity contribution in [3.05, 3.63) is 231 Å². The summed E-state index contributed by atoms with van der Waals surface area (Å²) in [5.74, 6) is 0. The summed E-state index contributed by atoms with van der Waals surface area (Å²) in [5.41, 5.74) is 18.9. The third-order valence-corrected chi connectivity index (χ3v) is 10.9. The molecular weight excluding hydrogens is 729 g/mol. The van der Waals surface area contributed by atoms with Crippen LogP contribution >= 0.6 is 0 Å². The van der Waals surface area contributed by atoms with Crippen molar-refractivity contribution in [3.8, 4) is 101 Å². The van der Waals surface area contributed by atoms with E-state index in [1.165, 1.54) is 0 Å². The lowest BCUT2D eigenvalue weighted by molar-refractivity contribution is 1.32. The highest BCUT2D eigenvalue weighted by Gasteiger charge is 2.18. The molecule has 4 nitrogen and oxygen atoms in total. The Kier molecular flexibility index (Phi) is 9.92. The highest BCUT2D eigenvalue weighted by atomic mass is 14.7. The fourth-order valence-electron chi connectivity index (χ4n) is 8.13. The van der Waals surface area contributed by atoms with Crippen molar-refractivity contribution >= 4 is 0 Å². The molecule has 10 rings (SSSR count). The van der Waals surface area contributed by atoms with Crippen LogP contribution in [0, 0.1) is 0 Å². The molecule has 4 heteroatoms. The zero-order valence-corrected chi connectivity index (χ0v) is 32.7. The molecule has 4 aromatic heterocycles. The molecule has 282 valence electrons.